The molecule has 0 bridgehead atoms. The van der Waals surface area contributed by atoms with E-state index in [4.69, 9.17) is 5.53 Å². The van der Waals surface area contributed by atoms with Gasteiger partial charge in [0.1, 0.15) is 5.54 Å². The molecule has 0 saturated carbocycles. The van der Waals surface area contributed by atoms with Crippen molar-refractivity contribution in [3.8, 4) is 0 Å². The minimum atomic E-state index is -0.672. The largest absolute Gasteiger partial charge is 0.209 e. The van der Waals surface area contributed by atoms with E-state index in [9.17, 15) is 0 Å². The fourth-order valence-corrected chi connectivity index (χ4v) is 4.24. The molecule has 3 heteroatoms. The Morgan fingerprint density at radius 1 is 1.00 bits per heavy atom. The maximum Gasteiger partial charge on any atom is 0.136 e. The SMILES string of the molecule is Cc1ccc(C2C=CC=CC2(N=N)c2ccc(C)cc2I)cc1. The first-order valence-corrected chi connectivity index (χ1v) is 8.72. The highest BCUT2D eigenvalue weighted by atomic mass is 127. The number of benzene rings is 2. The summed E-state index contributed by atoms with van der Waals surface area (Å²) >= 11 is 2.36. The van der Waals surface area contributed by atoms with Gasteiger partial charge in [0.2, 0.25) is 0 Å². The molecule has 116 valence electrons. The van der Waals surface area contributed by atoms with Crippen LogP contribution in [-0.4, -0.2) is 0 Å². The van der Waals surface area contributed by atoms with Gasteiger partial charge in [-0.3, -0.25) is 0 Å². The third-order valence-corrected chi connectivity index (χ3v) is 5.31. The zero-order chi connectivity index (χ0) is 16.4. The average Bonchev–Trinajstić information content (AvgIpc) is 2.55. The number of hydrogen-bond acceptors (Lipinski definition) is 2. The van der Waals surface area contributed by atoms with Crippen LogP contribution in [0.15, 0.2) is 71.9 Å². The fraction of sp³-hybridized carbons (Fsp3) is 0.200. The number of rotatable bonds is 3. The van der Waals surface area contributed by atoms with Crippen LogP contribution in [0.3, 0.4) is 0 Å². The third-order valence-electron chi connectivity index (χ3n) is 4.42. The molecule has 0 aromatic heterocycles. The maximum absolute atomic E-state index is 7.99. The predicted molar refractivity (Wildman–Crippen MR) is 103 cm³/mol. The number of nitrogens with zero attached hydrogens (tertiary/aromatic N) is 1. The first-order chi connectivity index (χ1) is 11.1. The Morgan fingerprint density at radius 3 is 2.35 bits per heavy atom. The van der Waals surface area contributed by atoms with Gasteiger partial charge in [-0.05, 0) is 59.7 Å². The number of hydrogen-bond donors (Lipinski definition) is 1. The van der Waals surface area contributed by atoms with Crippen LogP contribution in [-0.2, 0) is 5.54 Å². The Morgan fingerprint density at radius 2 is 1.70 bits per heavy atom. The smallest absolute Gasteiger partial charge is 0.136 e. The lowest BCUT2D eigenvalue weighted by Crippen LogP contribution is -2.30. The standard InChI is InChI=1S/C20H19IN2/c1-14-6-9-16(10-7-14)17-5-3-4-12-20(17,23-22)18-11-8-15(2)13-19(18)21/h3-13,17,22H,1-2H3. The summed E-state index contributed by atoms with van der Waals surface area (Å²) in [5.41, 5.74) is 12.1. The van der Waals surface area contributed by atoms with Gasteiger partial charge in [0.15, 0.2) is 0 Å². The van der Waals surface area contributed by atoms with E-state index in [0.29, 0.717) is 0 Å². The molecule has 0 aliphatic heterocycles. The van der Waals surface area contributed by atoms with Gasteiger partial charge in [0.05, 0.1) is 0 Å². The van der Waals surface area contributed by atoms with Crippen LogP contribution in [0.5, 0.6) is 0 Å². The molecule has 0 amide bonds. The van der Waals surface area contributed by atoms with Gasteiger partial charge >= 0.3 is 0 Å². The van der Waals surface area contributed by atoms with Crippen LogP contribution in [0.1, 0.15) is 28.2 Å². The number of nitrogens with one attached hydrogen (secondary N) is 1. The van der Waals surface area contributed by atoms with E-state index in [1.807, 2.05) is 6.08 Å². The van der Waals surface area contributed by atoms with Crippen molar-refractivity contribution in [3.05, 3.63) is 92.6 Å². The van der Waals surface area contributed by atoms with Crippen LogP contribution in [0.4, 0.5) is 0 Å². The van der Waals surface area contributed by atoms with E-state index < -0.39 is 5.54 Å². The van der Waals surface area contributed by atoms with Crippen LogP contribution in [0.25, 0.3) is 0 Å². The van der Waals surface area contributed by atoms with Crippen molar-refractivity contribution < 1.29 is 0 Å². The summed E-state index contributed by atoms with van der Waals surface area (Å²) in [6.07, 6.45) is 8.25. The number of allylic oxidation sites excluding steroid dienone is 2. The lowest BCUT2D eigenvalue weighted by molar-refractivity contribution is 0.461. The van der Waals surface area contributed by atoms with E-state index in [0.717, 1.165) is 9.13 Å². The summed E-state index contributed by atoms with van der Waals surface area (Å²) < 4.78 is 1.15. The van der Waals surface area contributed by atoms with Gasteiger partial charge in [-0.1, -0.05) is 65.8 Å². The Labute approximate surface area is 151 Å². The summed E-state index contributed by atoms with van der Waals surface area (Å²) in [5.74, 6) is 0.0295. The third kappa shape index (κ3) is 2.90. The normalized spacial score (nSPS) is 23.0. The zero-order valence-electron chi connectivity index (χ0n) is 13.3. The highest BCUT2D eigenvalue weighted by Crippen LogP contribution is 2.46. The molecular formula is C20H19IN2. The molecule has 1 aliphatic rings. The molecule has 2 aromatic carbocycles. The second-order valence-corrected chi connectivity index (χ2v) is 7.22. The predicted octanol–water partition coefficient (Wildman–Crippen LogP) is 6.04. The van der Waals surface area contributed by atoms with E-state index >= 15 is 0 Å². The molecule has 0 heterocycles. The minimum absolute atomic E-state index is 0.0295. The molecule has 1 aliphatic carbocycles. The maximum atomic E-state index is 7.99. The second-order valence-electron chi connectivity index (χ2n) is 6.05. The van der Waals surface area contributed by atoms with E-state index in [1.54, 1.807) is 0 Å². The van der Waals surface area contributed by atoms with Crippen molar-refractivity contribution in [2.75, 3.05) is 0 Å². The minimum Gasteiger partial charge on any atom is -0.209 e. The molecule has 0 fully saturated rings. The topological polar surface area (TPSA) is 36.2 Å². The van der Waals surface area contributed by atoms with Crippen molar-refractivity contribution in [1.29, 1.82) is 5.53 Å². The monoisotopic (exact) mass is 414 g/mol. The molecule has 2 nitrogen and oxygen atoms in total. The Bertz CT molecular complexity index is 790. The van der Waals surface area contributed by atoms with Gasteiger partial charge in [-0.15, -0.1) is 0 Å². The average molecular weight is 414 g/mol. The van der Waals surface area contributed by atoms with Gasteiger partial charge in [-0.25, -0.2) is 5.53 Å². The van der Waals surface area contributed by atoms with Crippen LogP contribution in [0.2, 0.25) is 0 Å². The Kier molecular flexibility index (Phi) is 4.48. The van der Waals surface area contributed by atoms with Gasteiger partial charge in [-0.2, -0.15) is 5.11 Å². The molecule has 0 spiro atoms. The highest BCUT2D eigenvalue weighted by molar-refractivity contribution is 14.1. The summed E-state index contributed by atoms with van der Waals surface area (Å²) in [6.45, 7) is 4.18. The summed E-state index contributed by atoms with van der Waals surface area (Å²) in [7, 11) is 0. The van der Waals surface area contributed by atoms with Crippen LogP contribution in [0, 0.1) is 22.9 Å². The van der Waals surface area contributed by atoms with Crippen LogP contribution < -0.4 is 0 Å². The lowest BCUT2D eigenvalue weighted by Gasteiger charge is -2.35. The molecule has 23 heavy (non-hydrogen) atoms. The van der Waals surface area contributed by atoms with Crippen molar-refractivity contribution in [2.24, 2.45) is 5.11 Å². The van der Waals surface area contributed by atoms with Crippen molar-refractivity contribution >= 4 is 22.6 Å². The molecule has 2 atom stereocenters. The molecule has 0 saturated heterocycles. The molecule has 3 rings (SSSR count). The summed E-state index contributed by atoms with van der Waals surface area (Å²) in [4.78, 5) is 0. The van der Waals surface area contributed by atoms with E-state index in [2.05, 4.69) is 102 Å². The van der Waals surface area contributed by atoms with E-state index in [1.165, 1.54) is 16.7 Å². The molecular weight excluding hydrogens is 395 g/mol. The van der Waals surface area contributed by atoms with Gasteiger partial charge in [0.25, 0.3) is 0 Å². The van der Waals surface area contributed by atoms with Crippen molar-refractivity contribution in [3.63, 3.8) is 0 Å². The first kappa shape index (κ1) is 16.1. The molecule has 0 radical (unpaired) electrons. The lowest BCUT2D eigenvalue weighted by atomic mass is 9.72. The Balaban J connectivity index is 2.17. The fourth-order valence-electron chi connectivity index (χ4n) is 3.14. The number of aryl methyl sites for hydroxylation is 2. The van der Waals surface area contributed by atoms with Crippen molar-refractivity contribution in [1.82, 2.24) is 0 Å². The zero-order valence-corrected chi connectivity index (χ0v) is 15.4. The highest BCUT2D eigenvalue weighted by Gasteiger charge is 2.40. The summed E-state index contributed by atoms with van der Waals surface area (Å²) in [6, 6.07) is 14.9. The van der Waals surface area contributed by atoms with E-state index in [-0.39, 0.29) is 5.92 Å². The Hall–Kier alpha value is -1.75. The van der Waals surface area contributed by atoms with Gasteiger partial charge < -0.3 is 0 Å². The quantitative estimate of drug-likeness (QED) is 0.469. The second kappa shape index (κ2) is 6.40. The molecule has 1 N–H and O–H groups in total. The number of halogens is 1. The van der Waals surface area contributed by atoms with Gasteiger partial charge in [0, 0.05) is 9.49 Å². The van der Waals surface area contributed by atoms with Crippen molar-refractivity contribution in [2.45, 2.75) is 25.3 Å². The molecule has 2 unspecified atom stereocenters. The molecule has 2 aromatic rings. The first-order valence-electron chi connectivity index (χ1n) is 7.64. The van der Waals surface area contributed by atoms with Crippen LogP contribution >= 0.6 is 22.6 Å². The summed E-state index contributed by atoms with van der Waals surface area (Å²) in [5, 5.41) is 4.13.